The van der Waals surface area contributed by atoms with Crippen molar-refractivity contribution >= 4 is 52.2 Å². The van der Waals surface area contributed by atoms with Crippen LogP contribution in [-0.4, -0.2) is 25.3 Å². The summed E-state index contributed by atoms with van der Waals surface area (Å²) in [6.45, 7) is 0.229. The SMILES string of the molecule is COC(=O)C1=C(c2ccccc2)NC(=S)N[C@H]1c1ccc(OCc2ccc(Cl)cc2Cl)c(OC)c1. The molecule has 2 N–H and O–H groups in total. The molecule has 1 aliphatic rings. The number of nitrogens with one attached hydrogen (secondary N) is 2. The standard InChI is InChI=1S/C26H22Cl2N2O4S/c1-32-21-12-16(9-11-20(21)34-14-17-8-10-18(27)13-19(17)28)24-22(25(31)33-2)23(29-26(35)30-24)15-6-4-3-5-7-15/h3-13,24H,14H2,1-2H3,(H2,29,30,35)/t24-/m0/s1. The molecule has 3 aromatic rings. The van der Waals surface area contributed by atoms with Crippen molar-refractivity contribution in [3.8, 4) is 11.5 Å². The van der Waals surface area contributed by atoms with E-state index in [2.05, 4.69) is 10.6 Å². The minimum absolute atomic E-state index is 0.229. The number of halogens is 2. The van der Waals surface area contributed by atoms with E-state index >= 15 is 0 Å². The molecule has 0 saturated heterocycles. The number of hydrogen-bond acceptors (Lipinski definition) is 5. The summed E-state index contributed by atoms with van der Waals surface area (Å²) in [6.07, 6.45) is 0. The first kappa shape index (κ1) is 24.9. The van der Waals surface area contributed by atoms with Crippen LogP contribution in [0.1, 0.15) is 22.7 Å². The molecule has 0 saturated carbocycles. The lowest BCUT2D eigenvalue weighted by molar-refractivity contribution is -0.136. The highest BCUT2D eigenvalue weighted by Crippen LogP contribution is 2.37. The van der Waals surface area contributed by atoms with Crippen molar-refractivity contribution in [3.63, 3.8) is 0 Å². The van der Waals surface area contributed by atoms with Gasteiger partial charge >= 0.3 is 5.97 Å². The maximum absolute atomic E-state index is 12.9. The third-order valence-corrected chi connectivity index (χ3v) is 6.27. The van der Waals surface area contributed by atoms with Gasteiger partial charge in [0.1, 0.15) is 6.61 Å². The largest absolute Gasteiger partial charge is 0.493 e. The van der Waals surface area contributed by atoms with E-state index in [9.17, 15) is 4.79 Å². The minimum Gasteiger partial charge on any atom is -0.493 e. The van der Waals surface area contributed by atoms with Gasteiger partial charge in [-0.1, -0.05) is 65.7 Å². The van der Waals surface area contributed by atoms with Crippen LogP contribution in [0.3, 0.4) is 0 Å². The molecule has 6 nitrogen and oxygen atoms in total. The Bertz CT molecular complexity index is 1300. The Labute approximate surface area is 218 Å². The first-order valence-electron chi connectivity index (χ1n) is 10.6. The van der Waals surface area contributed by atoms with Gasteiger partial charge in [-0.25, -0.2) is 4.79 Å². The van der Waals surface area contributed by atoms with Crippen LogP contribution in [0.5, 0.6) is 11.5 Å². The van der Waals surface area contributed by atoms with Gasteiger partial charge in [-0.05, 0) is 47.6 Å². The predicted molar refractivity (Wildman–Crippen MR) is 141 cm³/mol. The lowest BCUT2D eigenvalue weighted by atomic mass is 9.92. The average molecular weight is 529 g/mol. The summed E-state index contributed by atoms with van der Waals surface area (Å²) in [6, 6.07) is 19.6. The Hall–Kier alpha value is -3.26. The molecule has 0 amide bonds. The number of rotatable bonds is 7. The molecule has 180 valence electrons. The number of carbonyl (C=O) groups excluding carboxylic acids is 1. The van der Waals surface area contributed by atoms with E-state index in [0.29, 0.717) is 37.9 Å². The molecule has 35 heavy (non-hydrogen) atoms. The van der Waals surface area contributed by atoms with Crippen LogP contribution in [0.4, 0.5) is 0 Å². The number of carbonyl (C=O) groups is 1. The molecule has 0 aliphatic carbocycles. The van der Waals surface area contributed by atoms with Gasteiger partial charge in [-0.15, -0.1) is 0 Å². The van der Waals surface area contributed by atoms with Crippen LogP contribution in [-0.2, 0) is 16.1 Å². The number of hydrogen-bond donors (Lipinski definition) is 2. The second-order valence-corrected chi connectivity index (χ2v) is 8.86. The van der Waals surface area contributed by atoms with Gasteiger partial charge in [0.05, 0.1) is 31.5 Å². The van der Waals surface area contributed by atoms with Crippen molar-refractivity contribution < 1.29 is 19.0 Å². The van der Waals surface area contributed by atoms with Crippen LogP contribution in [0.2, 0.25) is 10.0 Å². The third kappa shape index (κ3) is 5.53. The van der Waals surface area contributed by atoms with E-state index in [0.717, 1.165) is 16.7 Å². The second-order valence-electron chi connectivity index (χ2n) is 7.61. The fourth-order valence-electron chi connectivity index (χ4n) is 3.75. The van der Waals surface area contributed by atoms with Gasteiger partial charge in [0.2, 0.25) is 0 Å². The molecule has 1 aliphatic heterocycles. The van der Waals surface area contributed by atoms with Gasteiger partial charge in [-0.2, -0.15) is 0 Å². The smallest absolute Gasteiger partial charge is 0.338 e. The molecule has 0 fully saturated rings. The summed E-state index contributed by atoms with van der Waals surface area (Å²) in [5, 5.41) is 7.74. The fraction of sp³-hybridized carbons (Fsp3) is 0.154. The van der Waals surface area contributed by atoms with Crippen molar-refractivity contribution in [1.29, 1.82) is 0 Å². The van der Waals surface area contributed by atoms with Crippen molar-refractivity contribution in [2.75, 3.05) is 14.2 Å². The number of thiocarbonyl (C=S) groups is 1. The molecule has 0 radical (unpaired) electrons. The zero-order valence-electron chi connectivity index (χ0n) is 18.9. The summed E-state index contributed by atoms with van der Waals surface area (Å²) in [5.41, 5.74) is 3.33. The molecule has 0 spiro atoms. The molecule has 0 unspecified atom stereocenters. The monoisotopic (exact) mass is 528 g/mol. The zero-order valence-corrected chi connectivity index (χ0v) is 21.3. The number of methoxy groups -OCH3 is 2. The van der Waals surface area contributed by atoms with Crippen molar-refractivity contribution in [2.45, 2.75) is 12.6 Å². The number of benzene rings is 3. The number of esters is 1. The van der Waals surface area contributed by atoms with Gasteiger partial charge in [0.15, 0.2) is 16.6 Å². The highest BCUT2D eigenvalue weighted by atomic mass is 35.5. The molecule has 1 heterocycles. The van der Waals surface area contributed by atoms with E-state index < -0.39 is 12.0 Å². The van der Waals surface area contributed by atoms with Gasteiger partial charge in [0, 0.05) is 15.6 Å². The second kappa shape index (κ2) is 11.0. The summed E-state index contributed by atoms with van der Waals surface area (Å²) < 4.78 is 16.7. The van der Waals surface area contributed by atoms with E-state index in [1.54, 1.807) is 31.4 Å². The highest BCUT2D eigenvalue weighted by Gasteiger charge is 2.33. The Morgan fingerprint density at radius 1 is 1.00 bits per heavy atom. The quantitative estimate of drug-likeness (QED) is 0.301. The summed E-state index contributed by atoms with van der Waals surface area (Å²) >= 11 is 17.7. The summed E-state index contributed by atoms with van der Waals surface area (Å²) in [5.74, 6) is 0.531. The lowest BCUT2D eigenvalue weighted by Gasteiger charge is -2.31. The van der Waals surface area contributed by atoms with Gasteiger partial charge < -0.3 is 24.8 Å². The Kier molecular flexibility index (Phi) is 7.80. The normalized spacial score (nSPS) is 15.2. The first-order chi connectivity index (χ1) is 16.9. The Morgan fingerprint density at radius 3 is 2.46 bits per heavy atom. The molecule has 4 rings (SSSR count). The van der Waals surface area contributed by atoms with E-state index in [4.69, 9.17) is 49.6 Å². The molecular formula is C26H22Cl2N2O4S. The molecular weight excluding hydrogens is 507 g/mol. The van der Waals surface area contributed by atoms with E-state index in [1.807, 2.05) is 42.5 Å². The maximum Gasteiger partial charge on any atom is 0.338 e. The van der Waals surface area contributed by atoms with Crippen molar-refractivity contribution in [3.05, 3.63) is 99.0 Å². The van der Waals surface area contributed by atoms with Crippen molar-refractivity contribution in [1.82, 2.24) is 10.6 Å². The molecule has 1 atom stereocenters. The first-order valence-corrected chi connectivity index (χ1v) is 11.8. The van der Waals surface area contributed by atoms with Crippen LogP contribution in [0, 0.1) is 0 Å². The highest BCUT2D eigenvalue weighted by molar-refractivity contribution is 7.80. The maximum atomic E-state index is 12.9. The third-order valence-electron chi connectivity index (χ3n) is 5.46. The van der Waals surface area contributed by atoms with Gasteiger partial charge in [0.25, 0.3) is 0 Å². The Morgan fingerprint density at radius 2 is 1.77 bits per heavy atom. The van der Waals surface area contributed by atoms with Crippen LogP contribution < -0.4 is 20.1 Å². The Balaban J connectivity index is 1.69. The predicted octanol–water partition coefficient (Wildman–Crippen LogP) is 5.68. The van der Waals surface area contributed by atoms with Gasteiger partial charge in [-0.3, -0.25) is 0 Å². The van der Waals surface area contributed by atoms with Crippen LogP contribution >= 0.6 is 35.4 Å². The summed E-state index contributed by atoms with van der Waals surface area (Å²) in [7, 11) is 2.90. The number of ether oxygens (including phenoxy) is 3. The average Bonchev–Trinajstić information content (AvgIpc) is 2.87. The van der Waals surface area contributed by atoms with Crippen molar-refractivity contribution in [2.24, 2.45) is 0 Å². The fourth-order valence-corrected chi connectivity index (χ4v) is 4.44. The molecule has 0 aromatic heterocycles. The summed E-state index contributed by atoms with van der Waals surface area (Å²) in [4.78, 5) is 12.9. The lowest BCUT2D eigenvalue weighted by Crippen LogP contribution is -2.45. The van der Waals surface area contributed by atoms with E-state index in [1.165, 1.54) is 7.11 Å². The zero-order chi connectivity index (χ0) is 24.9. The topological polar surface area (TPSA) is 68.8 Å². The molecule has 3 aromatic carbocycles. The van der Waals surface area contributed by atoms with E-state index in [-0.39, 0.29) is 6.61 Å². The van der Waals surface area contributed by atoms with Crippen LogP contribution in [0.25, 0.3) is 5.70 Å². The molecule has 0 bridgehead atoms. The molecule has 9 heteroatoms. The van der Waals surface area contributed by atoms with Crippen LogP contribution in [0.15, 0.2) is 72.3 Å². The minimum atomic E-state index is -0.569.